The molecule has 1 aromatic carbocycles. The van der Waals surface area contributed by atoms with Crippen LogP contribution in [0.25, 0.3) is 0 Å². The molecule has 0 aliphatic carbocycles. The molecule has 18 heavy (non-hydrogen) atoms. The van der Waals surface area contributed by atoms with Crippen LogP contribution in [-0.4, -0.2) is 16.4 Å². The van der Waals surface area contributed by atoms with E-state index in [0.29, 0.717) is 12.4 Å². The van der Waals surface area contributed by atoms with Gasteiger partial charge in [0.2, 0.25) is 0 Å². The summed E-state index contributed by atoms with van der Waals surface area (Å²) in [6.07, 6.45) is 3.85. The van der Waals surface area contributed by atoms with Crippen molar-refractivity contribution in [3.8, 4) is 5.75 Å². The van der Waals surface area contributed by atoms with Gasteiger partial charge in [0.25, 0.3) is 0 Å². The predicted molar refractivity (Wildman–Crippen MR) is 72.6 cm³/mol. The molecular formula is C14H19N3O. The Morgan fingerprint density at radius 3 is 2.61 bits per heavy atom. The maximum Gasteiger partial charge on any atom is 0.145 e. The summed E-state index contributed by atoms with van der Waals surface area (Å²) < 4.78 is 7.49. The Kier molecular flexibility index (Phi) is 4.23. The molecule has 0 unspecified atom stereocenters. The van der Waals surface area contributed by atoms with Crippen LogP contribution in [0.5, 0.6) is 5.75 Å². The van der Waals surface area contributed by atoms with Crippen molar-refractivity contribution in [3.05, 3.63) is 42.1 Å². The zero-order valence-electron chi connectivity index (χ0n) is 10.7. The summed E-state index contributed by atoms with van der Waals surface area (Å²) in [6, 6.07) is 10.0. The molecule has 0 radical (unpaired) electrons. The van der Waals surface area contributed by atoms with Crippen LogP contribution in [0.15, 0.2) is 36.5 Å². The third-order valence-corrected chi connectivity index (χ3v) is 2.79. The van der Waals surface area contributed by atoms with E-state index in [1.165, 1.54) is 5.56 Å². The molecule has 0 spiro atoms. The number of aromatic nitrogens is 2. The second-order valence-corrected chi connectivity index (χ2v) is 4.20. The van der Waals surface area contributed by atoms with Gasteiger partial charge in [0, 0.05) is 19.2 Å². The summed E-state index contributed by atoms with van der Waals surface area (Å²) in [4.78, 5) is 0. The molecule has 0 aliphatic rings. The van der Waals surface area contributed by atoms with Crippen molar-refractivity contribution in [1.82, 2.24) is 9.78 Å². The van der Waals surface area contributed by atoms with E-state index in [2.05, 4.69) is 24.2 Å². The first-order valence-electron chi connectivity index (χ1n) is 6.28. The largest absolute Gasteiger partial charge is 0.494 e. The maximum atomic E-state index is 5.66. The summed E-state index contributed by atoms with van der Waals surface area (Å²) in [5, 5.41) is 4.12. The van der Waals surface area contributed by atoms with E-state index in [-0.39, 0.29) is 0 Å². The molecule has 0 atom stereocenters. The number of benzene rings is 1. The highest BCUT2D eigenvalue weighted by atomic mass is 16.5. The monoisotopic (exact) mass is 245 g/mol. The van der Waals surface area contributed by atoms with Gasteiger partial charge in [-0.25, -0.2) is 0 Å². The second-order valence-electron chi connectivity index (χ2n) is 4.20. The number of rotatable bonds is 6. The number of hydrogen-bond donors (Lipinski definition) is 1. The van der Waals surface area contributed by atoms with Crippen molar-refractivity contribution in [2.45, 2.75) is 26.3 Å². The van der Waals surface area contributed by atoms with Crippen molar-refractivity contribution >= 4 is 5.82 Å². The van der Waals surface area contributed by atoms with Crippen LogP contribution in [0, 0.1) is 0 Å². The van der Waals surface area contributed by atoms with Gasteiger partial charge in [0.15, 0.2) is 0 Å². The minimum Gasteiger partial charge on any atom is -0.494 e. The zero-order chi connectivity index (χ0) is 12.8. The Labute approximate surface area is 107 Å². The lowest BCUT2D eigenvalue weighted by atomic mass is 10.2. The van der Waals surface area contributed by atoms with Crippen LogP contribution in [0.1, 0.15) is 18.9 Å². The summed E-state index contributed by atoms with van der Waals surface area (Å²) in [5.41, 5.74) is 6.87. The summed E-state index contributed by atoms with van der Waals surface area (Å²) in [7, 11) is 0. The van der Waals surface area contributed by atoms with E-state index < -0.39 is 0 Å². The smallest absolute Gasteiger partial charge is 0.145 e. The molecule has 4 heteroatoms. The van der Waals surface area contributed by atoms with Crippen molar-refractivity contribution in [3.63, 3.8) is 0 Å². The topological polar surface area (TPSA) is 53.1 Å². The lowest BCUT2D eigenvalue weighted by Gasteiger charge is -2.06. The molecule has 0 amide bonds. The highest BCUT2D eigenvalue weighted by Gasteiger charge is 1.97. The number of nitrogens with zero attached hydrogens (tertiary/aromatic N) is 2. The molecule has 0 saturated heterocycles. The van der Waals surface area contributed by atoms with Crippen LogP contribution in [0.3, 0.4) is 0 Å². The van der Waals surface area contributed by atoms with Gasteiger partial charge in [0.05, 0.1) is 6.61 Å². The van der Waals surface area contributed by atoms with Gasteiger partial charge in [-0.1, -0.05) is 19.1 Å². The van der Waals surface area contributed by atoms with Crippen molar-refractivity contribution in [2.24, 2.45) is 0 Å². The van der Waals surface area contributed by atoms with E-state index in [1.807, 2.05) is 23.0 Å². The molecule has 0 fully saturated rings. The lowest BCUT2D eigenvalue weighted by molar-refractivity contribution is 0.298. The van der Waals surface area contributed by atoms with Crippen molar-refractivity contribution in [1.29, 1.82) is 0 Å². The molecule has 0 bridgehead atoms. The number of hydrogen-bond acceptors (Lipinski definition) is 3. The van der Waals surface area contributed by atoms with Crippen LogP contribution in [0.4, 0.5) is 5.82 Å². The molecule has 0 aliphatic heterocycles. The molecule has 2 rings (SSSR count). The number of nitrogens with two attached hydrogens (primary N) is 1. The Morgan fingerprint density at radius 1 is 1.22 bits per heavy atom. The fourth-order valence-electron chi connectivity index (χ4n) is 1.74. The SMILES string of the molecule is CCc1ccc(OCCCn2ccc(N)n2)cc1. The first-order chi connectivity index (χ1) is 8.78. The Bertz CT molecular complexity index is 476. The predicted octanol–water partition coefficient (Wildman–Crippen LogP) is 2.50. The molecule has 4 nitrogen and oxygen atoms in total. The van der Waals surface area contributed by atoms with E-state index in [4.69, 9.17) is 10.5 Å². The average Bonchev–Trinajstić information content (AvgIpc) is 2.81. The van der Waals surface area contributed by atoms with E-state index in [9.17, 15) is 0 Å². The molecule has 2 N–H and O–H groups in total. The number of nitrogen functional groups attached to an aromatic ring is 1. The van der Waals surface area contributed by atoms with Gasteiger partial charge in [-0.3, -0.25) is 4.68 Å². The van der Waals surface area contributed by atoms with Crippen molar-refractivity contribution in [2.75, 3.05) is 12.3 Å². The summed E-state index contributed by atoms with van der Waals surface area (Å²) in [6.45, 7) is 3.65. The Morgan fingerprint density at radius 2 is 2.00 bits per heavy atom. The Hall–Kier alpha value is -1.97. The number of anilines is 1. The lowest BCUT2D eigenvalue weighted by Crippen LogP contribution is -2.05. The first kappa shape index (κ1) is 12.5. The highest BCUT2D eigenvalue weighted by molar-refractivity contribution is 5.27. The number of aryl methyl sites for hydroxylation is 2. The molecule has 1 heterocycles. The van der Waals surface area contributed by atoms with Crippen LogP contribution >= 0.6 is 0 Å². The van der Waals surface area contributed by atoms with Crippen molar-refractivity contribution < 1.29 is 4.74 Å². The first-order valence-corrected chi connectivity index (χ1v) is 6.28. The molecule has 1 aromatic heterocycles. The minimum atomic E-state index is 0.561. The minimum absolute atomic E-state index is 0.561. The van der Waals surface area contributed by atoms with Crippen LogP contribution < -0.4 is 10.5 Å². The zero-order valence-corrected chi connectivity index (χ0v) is 10.7. The molecule has 0 saturated carbocycles. The highest BCUT2D eigenvalue weighted by Crippen LogP contribution is 2.12. The fourth-order valence-corrected chi connectivity index (χ4v) is 1.74. The normalized spacial score (nSPS) is 10.5. The van der Waals surface area contributed by atoms with E-state index in [0.717, 1.165) is 25.1 Å². The van der Waals surface area contributed by atoms with Gasteiger partial charge < -0.3 is 10.5 Å². The van der Waals surface area contributed by atoms with E-state index >= 15 is 0 Å². The van der Waals surface area contributed by atoms with Gasteiger partial charge in [0.1, 0.15) is 11.6 Å². The van der Waals surface area contributed by atoms with Gasteiger partial charge in [-0.15, -0.1) is 0 Å². The van der Waals surface area contributed by atoms with Crippen LogP contribution in [-0.2, 0) is 13.0 Å². The quantitative estimate of drug-likeness (QED) is 0.795. The average molecular weight is 245 g/mol. The Balaban J connectivity index is 1.71. The van der Waals surface area contributed by atoms with Crippen LogP contribution in [0.2, 0.25) is 0 Å². The second kappa shape index (κ2) is 6.10. The maximum absolute atomic E-state index is 5.66. The summed E-state index contributed by atoms with van der Waals surface area (Å²) >= 11 is 0. The summed E-state index contributed by atoms with van der Waals surface area (Å²) in [5.74, 6) is 1.48. The van der Waals surface area contributed by atoms with Gasteiger partial charge >= 0.3 is 0 Å². The number of ether oxygens (including phenoxy) is 1. The van der Waals surface area contributed by atoms with Gasteiger partial charge in [-0.2, -0.15) is 5.10 Å². The van der Waals surface area contributed by atoms with E-state index in [1.54, 1.807) is 6.07 Å². The van der Waals surface area contributed by atoms with Gasteiger partial charge in [-0.05, 0) is 30.2 Å². The third kappa shape index (κ3) is 3.52. The third-order valence-electron chi connectivity index (χ3n) is 2.79. The fraction of sp³-hybridized carbons (Fsp3) is 0.357. The molecule has 96 valence electrons. The molecule has 2 aromatic rings. The molecular weight excluding hydrogens is 226 g/mol. The standard InChI is InChI=1S/C14H19N3O/c1-2-12-4-6-13(7-5-12)18-11-3-9-17-10-8-14(15)16-17/h4-8,10H,2-3,9,11H2,1H3,(H2,15,16).